The van der Waals surface area contributed by atoms with Crippen LogP contribution in [-0.4, -0.2) is 23.8 Å². The minimum atomic E-state index is -0.831. The summed E-state index contributed by atoms with van der Waals surface area (Å²) in [6.45, 7) is 1.25. The molecule has 0 bridgehead atoms. The Morgan fingerprint density at radius 1 is 1.44 bits per heavy atom. The average molecular weight is 223 g/mol. The van der Waals surface area contributed by atoms with Crippen molar-refractivity contribution in [3.8, 4) is 0 Å². The molecule has 16 heavy (non-hydrogen) atoms. The molecular formula is C12H17NO3. The van der Waals surface area contributed by atoms with Crippen LogP contribution in [0.15, 0.2) is 30.3 Å². The van der Waals surface area contributed by atoms with E-state index >= 15 is 0 Å². The first kappa shape index (κ1) is 12.7. The van der Waals surface area contributed by atoms with E-state index in [1.165, 1.54) is 5.56 Å². The molecule has 1 aromatic rings. The summed E-state index contributed by atoms with van der Waals surface area (Å²) in [5.74, 6) is -0.831. The van der Waals surface area contributed by atoms with E-state index in [2.05, 4.69) is 0 Å². The molecule has 4 nitrogen and oxygen atoms in total. The maximum atomic E-state index is 10.1. The van der Waals surface area contributed by atoms with E-state index in [9.17, 15) is 4.79 Å². The summed E-state index contributed by atoms with van der Waals surface area (Å²) in [4.78, 5) is 10.1. The largest absolute Gasteiger partial charge is 0.479 e. The van der Waals surface area contributed by atoms with Gasteiger partial charge < -0.3 is 15.6 Å². The van der Waals surface area contributed by atoms with Gasteiger partial charge in [-0.15, -0.1) is 0 Å². The van der Waals surface area contributed by atoms with Crippen molar-refractivity contribution >= 4 is 5.97 Å². The Bertz CT molecular complexity index is 307. The Hall–Kier alpha value is -1.39. The molecular weight excluding hydrogens is 206 g/mol. The molecule has 88 valence electrons. The predicted molar refractivity (Wildman–Crippen MR) is 60.9 cm³/mol. The molecule has 1 fully saturated rings. The van der Waals surface area contributed by atoms with Crippen LogP contribution in [0.3, 0.4) is 0 Å². The Balaban J connectivity index is 0.000000160. The fourth-order valence-electron chi connectivity index (χ4n) is 1.39. The van der Waals surface area contributed by atoms with Crippen LogP contribution in [0.2, 0.25) is 0 Å². The van der Waals surface area contributed by atoms with Crippen LogP contribution in [0.5, 0.6) is 0 Å². The summed E-state index contributed by atoms with van der Waals surface area (Å²) in [5, 5.41) is 8.29. The van der Waals surface area contributed by atoms with Gasteiger partial charge in [-0.2, -0.15) is 0 Å². The smallest absolute Gasteiger partial charge is 0.332 e. The molecule has 1 atom stereocenters. The van der Waals surface area contributed by atoms with Crippen molar-refractivity contribution in [3.05, 3.63) is 35.9 Å². The van der Waals surface area contributed by atoms with E-state index in [0.29, 0.717) is 19.6 Å². The average Bonchev–Trinajstić information content (AvgIpc) is 2.85. The molecule has 0 spiro atoms. The highest BCUT2D eigenvalue weighted by Crippen LogP contribution is 2.10. The zero-order valence-corrected chi connectivity index (χ0v) is 9.13. The summed E-state index contributed by atoms with van der Waals surface area (Å²) in [5.41, 5.74) is 6.54. The summed E-state index contributed by atoms with van der Waals surface area (Å²) in [6, 6.07) is 9.99. The third-order valence-corrected chi connectivity index (χ3v) is 2.28. The van der Waals surface area contributed by atoms with Crippen LogP contribution in [0.1, 0.15) is 18.4 Å². The SMILES string of the molecule is NCc1ccccc1.O=C(O)[C@H]1CCCO1. The van der Waals surface area contributed by atoms with Crippen LogP contribution >= 0.6 is 0 Å². The number of carboxylic acid groups (broad SMARTS) is 1. The highest BCUT2D eigenvalue weighted by molar-refractivity contribution is 5.72. The van der Waals surface area contributed by atoms with Crippen LogP contribution < -0.4 is 5.73 Å². The molecule has 2 rings (SSSR count). The van der Waals surface area contributed by atoms with Crippen molar-refractivity contribution in [2.45, 2.75) is 25.5 Å². The molecule has 0 saturated carbocycles. The number of aliphatic carboxylic acids is 1. The summed E-state index contributed by atoms with van der Waals surface area (Å²) in [6.07, 6.45) is 1.04. The van der Waals surface area contributed by atoms with E-state index in [-0.39, 0.29) is 0 Å². The lowest BCUT2D eigenvalue weighted by Gasteiger charge is -1.98. The number of hydrogen-bond donors (Lipinski definition) is 2. The topological polar surface area (TPSA) is 72.6 Å². The second kappa shape index (κ2) is 6.98. The highest BCUT2D eigenvalue weighted by atomic mass is 16.5. The van der Waals surface area contributed by atoms with Gasteiger partial charge in [0.2, 0.25) is 0 Å². The lowest BCUT2D eigenvalue weighted by molar-refractivity contribution is -0.147. The molecule has 0 amide bonds. The van der Waals surface area contributed by atoms with Crippen LogP contribution in [0.4, 0.5) is 0 Å². The zero-order valence-electron chi connectivity index (χ0n) is 9.13. The number of carbonyl (C=O) groups is 1. The number of rotatable bonds is 2. The first-order valence-electron chi connectivity index (χ1n) is 5.32. The van der Waals surface area contributed by atoms with E-state index in [1.54, 1.807) is 0 Å². The summed E-state index contributed by atoms with van der Waals surface area (Å²) in [7, 11) is 0. The Morgan fingerprint density at radius 3 is 2.44 bits per heavy atom. The normalized spacial score (nSPS) is 18.7. The molecule has 1 aliphatic rings. The van der Waals surface area contributed by atoms with Gasteiger partial charge in [0.1, 0.15) is 0 Å². The molecule has 0 unspecified atom stereocenters. The Morgan fingerprint density at radius 2 is 2.12 bits per heavy atom. The van der Waals surface area contributed by atoms with Crippen molar-refractivity contribution in [1.29, 1.82) is 0 Å². The van der Waals surface area contributed by atoms with Crippen LogP contribution in [-0.2, 0) is 16.1 Å². The van der Waals surface area contributed by atoms with Gasteiger partial charge in [-0.25, -0.2) is 4.79 Å². The number of benzene rings is 1. The van der Waals surface area contributed by atoms with Crippen molar-refractivity contribution < 1.29 is 14.6 Å². The fraction of sp³-hybridized carbons (Fsp3) is 0.417. The Kier molecular flexibility index (Phi) is 5.53. The number of carboxylic acids is 1. The summed E-state index contributed by atoms with van der Waals surface area (Å²) < 4.78 is 4.81. The predicted octanol–water partition coefficient (Wildman–Crippen LogP) is 1.40. The first-order chi connectivity index (χ1) is 7.74. The van der Waals surface area contributed by atoms with Crippen LogP contribution in [0, 0.1) is 0 Å². The maximum absolute atomic E-state index is 10.1. The highest BCUT2D eigenvalue weighted by Gasteiger charge is 2.21. The van der Waals surface area contributed by atoms with Crippen molar-refractivity contribution in [1.82, 2.24) is 0 Å². The van der Waals surface area contributed by atoms with Crippen molar-refractivity contribution in [3.63, 3.8) is 0 Å². The van der Waals surface area contributed by atoms with Gasteiger partial charge in [-0.3, -0.25) is 0 Å². The third-order valence-electron chi connectivity index (χ3n) is 2.28. The Labute approximate surface area is 95.0 Å². The number of nitrogens with two attached hydrogens (primary N) is 1. The molecule has 1 aromatic carbocycles. The summed E-state index contributed by atoms with van der Waals surface area (Å²) >= 11 is 0. The fourth-order valence-corrected chi connectivity index (χ4v) is 1.39. The van der Waals surface area contributed by atoms with Gasteiger partial charge in [0.15, 0.2) is 6.10 Å². The lowest BCUT2D eigenvalue weighted by Crippen LogP contribution is -2.17. The first-order valence-corrected chi connectivity index (χ1v) is 5.32. The zero-order chi connectivity index (χ0) is 11.8. The number of ether oxygens (including phenoxy) is 1. The molecule has 1 heterocycles. The number of hydrogen-bond acceptors (Lipinski definition) is 3. The molecule has 0 radical (unpaired) electrons. The second-order valence-electron chi connectivity index (χ2n) is 3.53. The minimum Gasteiger partial charge on any atom is -0.479 e. The lowest BCUT2D eigenvalue weighted by atomic mass is 10.2. The molecule has 0 aromatic heterocycles. The van der Waals surface area contributed by atoms with Gasteiger partial charge in [0, 0.05) is 13.2 Å². The molecule has 1 saturated heterocycles. The van der Waals surface area contributed by atoms with Gasteiger partial charge >= 0.3 is 5.97 Å². The van der Waals surface area contributed by atoms with Gasteiger partial charge in [-0.1, -0.05) is 30.3 Å². The van der Waals surface area contributed by atoms with Crippen molar-refractivity contribution in [2.24, 2.45) is 5.73 Å². The van der Waals surface area contributed by atoms with Crippen LogP contribution in [0.25, 0.3) is 0 Å². The molecule has 3 N–H and O–H groups in total. The van der Waals surface area contributed by atoms with Crippen molar-refractivity contribution in [2.75, 3.05) is 6.61 Å². The molecule has 4 heteroatoms. The quantitative estimate of drug-likeness (QED) is 0.794. The second-order valence-corrected chi connectivity index (χ2v) is 3.53. The monoisotopic (exact) mass is 223 g/mol. The van der Waals surface area contributed by atoms with Gasteiger partial charge in [-0.05, 0) is 18.4 Å². The maximum Gasteiger partial charge on any atom is 0.332 e. The third kappa shape index (κ3) is 4.42. The van der Waals surface area contributed by atoms with Gasteiger partial charge in [0.25, 0.3) is 0 Å². The van der Waals surface area contributed by atoms with Gasteiger partial charge in [0.05, 0.1) is 0 Å². The molecule has 1 aliphatic heterocycles. The van der Waals surface area contributed by atoms with E-state index in [0.717, 1.165) is 6.42 Å². The molecule has 0 aliphatic carbocycles. The standard InChI is InChI=1S/C7H9N.C5H8O3/c8-6-7-4-2-1-3-5-7;6-5(7)4-2-1-3-8-4/h1-5H,6,8H2;4H,1-3H2,(H,6,7)/t;4-/m.1/s1. The van der Waals surface area contributed by atoms with E-state index < -0.39 is 12.1 Å². The van der Waals surface area contributed by atoms with E-state index in [4.69, 9.17) is 15.6 Å². The minimum absolute atomic E-state index is 0.519. The van der Waals surface area contributed by atoms with E-state index in [1.807, 2.05) is 30.3 Å².